The van der Waals surface area contributed by atoms with E-state index in [9.17, 15) is 4.79 Å². The van der Waals surface area contributed by atoms with E-state index in [0.717, 1.165) is 31.7 Å². The molecule has 0 spiro atoms. The number of rotatable bonds is 2. The quantitative estimate of drug-likeness (QED) is 0.866. The smallest absolute Gasteiger partial charge is 0.236 e. The van der Waals surface area contributed by atoms with Gasteiger partial charge < -0.3 is 15.0 Å². The first-order valence-electron chi connectivity index (χ1n) is 6.97. The van der Waals surface area contributed by atoms with Gasteiger partial charge in [-0.15, -0.1) is 0 Å². The van der Waals surface area contributed by atoms with Crippen LogP contribution in [0.4, 0.5) is 0 Å². The maximum atomic E-state index is 11.9. The third-order valence-electron chi connectivity index (χ3n) is 3.79. The Morgan fingerprint density at radius 3 is 3.26 bits per heavy atom. The summed E-state index contributed by atoms with van der Waals surface area (Å²) in [6, 6.07) is 6.29. The number of benzene rings is 1. The zero-order valence-electron chi connectivity index (χ0n) is 11.3. The highest BCUT2D eigenvalue weighted by atomic mass is 16.5. The summed E-state index contributed by atoms with van der Waals surface area (Å²) in [5, 5.41) is 3.14. The van der Waals surface area contributed by atoms with Crippen LogP contribution in [0.5, 0.6) is 5.75 Å². The second kappa shape index (κ2) is 5.21. The van der Waals surface area contributed by atoms with Gasteiger partial charge in [0.25, 0.3) is 0 Å². The van der Waals surface area contributed by atoms with E-state index >= 15 is 0 Å². The Bertz CT molecular complexity index is 487. The number of hydrogen-bond acceptors (Lipinski definition) is 3. The largest absolute Gasteiger partial charge is 0.488 e. The number of hydrogen-bond donors (Lipinski definition) is 1. The molecule has 1 aromatic rings. The first kappa shape index (κ1) is 12.5. The maximum absolute atomic E-state index is 11.9. The summed E-state index contributed by atoms with van der Waals surface area (Å²) in [6.45, 7) is 5.01. The highest BCUT2D eigenvalue weighted by Crippen LogP contribution is 2.29. The summed E-state index contributed by atoms with van der Waals surface area (Å²) in [5.41, 5.74) is 2.53. The molecule has 0 saturated carbocycles. The number of carbonyl (C=O) groups is 1. The molecule has 1 atom stereocenters. The van der Waals surface area contributed by atoms with Crippen LogP contribution in [0.25, 0.3) is 0 Å². The molecule has 19 heavy (non-hydrogen) atoms. The van der Waals surface area contributed by atoms with E-state index in [2.05, 4.69) is 24.4 Å². The number of amides is 1. The Hall–Kier alpha value is -1.55. The second-order valence-corrected chi connectivity index (χ2v) is 5.43. The minimum atomic E-state index is 0.110. The van der Waals surface area contributed by atoms with E-state index in [-0.39, 0.29) is 12.0 Å². The second-order valence-electron chi connectivity index (χ2n) is 5.43. The third kappa shape index (κ3) is 2.73. The summed E-state index contributed by atoms with van der Waals surface area (Å²) in [7, 11) is 0. The predicted octanol–water partition coefficient (Wildman–Crippen LogP) is 1.12. The van der Waals surface area contributed by atoms with Crippen molar-refractivity contribution in [3.63, 3.8) is 0 Å². The minimum Gasteiger partial charge on any atom is -0.488 e. The van der Waals surface area contributed by atoms with Gasteiger partial charge in [0.05, 0.1) is 13.1 Å². The third-order valence-corrected chi connectivity index (χ3v) is 3.79. The lowest BCUT2D eigenvalue weighted by Crippen LogP contribution is -2.41. The normalized spacial score (nSPS) is 22.9. The van der Waals surface area contributed by atoms with Crippen molar-refractivity contribution >= 4 is 5.91 Å². The van der Waals surface area contributed by atoms with Crippen LogP contribution in [0, 0.1) is 6.92 Å². The summed E-state index contributed by atoms with van der Waals surface area (Å²) < 4.78 is 5.94. The van der Waals surface area contributed by atoms with Gasteiger partial charge >= 0.3 is 0 Å². The van der Waals surface area contributed by atoms with Crippen LogP contribution in [0.2, 0.25) is 0 Å². The number of nitrogens with one attached hydrogen (secondary N) is 1. The van der Waals surface area contributed by atoms with Crippen molar-refractivity contribution < 1.29 is 9.53 Å². The average Bonchev–Trinajstić information content (AvgIpc) is 2.66. The fourth-order valence-corrected chi connectivity index (χ4v) is 2.82. The van der Waals surface area contributed by atoms with Gasteiger partial charge in [-0.05, 0) is 31.5 Å². The molecule has 102 valence electrons. The lowest BCUT2D eigenvalue weighted by Gasteiger charge is -2.23. The SMILES string of the molecule is Cc1ccc2c(c1)CC(CN1CCCNCC1=O)O2. The van der Waals surface area contributed by atoms with Crippen LogP contribution in [0.3, 0.4) is 0 Å². The van der Waals surface area contributed by atoms with Gasteiger partial charge in [-0.1, -0.05) is 17.7 Å². The molecular weight excluding hydrogens is 240 g/mol. The van der Waals surface area contributed by atoms with E-state index < -0.39 is 0 Å². The first-order chi connectivity index (χ1) is 9.22. The van der Waals surface area contributed by atoms with Crippen LogP contribution < -0.4 is 10.1 Å². The fourth-order valence-electron chi connectivity index (χ4n) is 2.82. The van der Waals surface area contributed by atoms with Crippen LogP contribution in [0.1, 0.15) is 17.5 Å². The van der Waals surface area contributed by atoms with Crippen LogP contribution in [-0.4, -0.2) is 43.1 Å². The van der Waals surface area contributed by atoms with Crippen molar-refractivity contribution in [1.82, 2.24) is 10.2 Å². The molecule has 0 aliphatic carbocycles. The topological polar surface area (TPSA) is 41.6 Å². The Kier molecular flexibility index (Phi) is 3.42. The highest BCUT2D eigenvalue weighted by molar-refractivity contribution is 5.78. The molecular formula is C15H20N2O2. The summed E-state index contributed by atoms with van der Waals surface area (Å²) >= 11 is 0. The molecule has 1 saturated heterocycles. The van der Waals surface area contributed by atoms with Gasteiger partial charge in [-0.2, -0.15) is 0 Å². The number of fused-ring (bicyclic) bond motifs is 1. The molecule has 1 fully saturated rings. The summed E-state index contributed by atoms with van der Waals surface area (Å²) in [6.07, 6.45) is 2.04. The molecule has 3 rings (SSSR count). The molecule has 4 nitrogen and oxygen atoms in total. The van der Waals surface area contributed by atoms with Crippen LogP contribution in [-0.2, 0) is 11.2 Å². The Morgan fingerprint density at radius 1 is 1.47 bits per heavy atom. The Balaban J connectivity index is 1.64. The minimum absolute atomic E-state index is 0.110. The number of carbonyl (C=O) groups excluding carboxylic acids is 1. The lowest BCUT2D eigenvalue weighted by atomic mass is 10.1. The van der Waals surface area contributed by atoms with E-state index in [4.69, 9.17) is 4.74 Å². The fraction of sp³-hybridized carbons (Fsp3) is 0.533. The van der Waals surface area contributed by atoms with Gasteiger partial charge in [0.2, 0.25) is 5.91 Å². The monoisotopic (exact) mass is 260 g/mol. The molecule has 1 amide bonds. The molecule has 0 aromatic heterocycles. The zero-order valence-corrected chi connectivity index (χ0v) is 11.3. The summed E-state index contributed by atoms with van der Waals surface area (Å²) in [5.74, 6) is 1.17. The highest BCUT2D eigenvalue weighted by Gasteiger charge is 2.27. The lowest BCUT2D eigenvalue weighted by molar-refractivity contribution is -0.130. The van der Waals surface area contributed by atoms with Crippen molar-refractivity contribution in [3.05, 3.63) is 29.3 Å². The molecule has 1 aromatic carbocycles. The van der Waals surface area contributed by atoms with Crippen molar-refractivity contribution in [1.29, 1.82) is 0 Å². The van der Waals surface area contributed by atoms with E-state index in [1.807, 2.05) is 11.0 Å². The molecule has 0 bridgehead atoms. The standard InChI is InChI=1S/C15H20N2O2/c1-11-3-4-14-12(7-11)8-13(19-14)10-17-6-2-5-16-9-15(17)18/h3-4,7,13,16H,2,5-6,8-10H2,1H3. The van der Waals surface area contributed by atoms with E-state index in [0.29, 0.717) is 13.1 Å². The maximum Gasteiger partial charge on any atom is 0.236 e. The Morgan fingerprint density at radius 2 is 2.37 bits per heavy atom. The first-order valence-corrected chi connectivity index (χ1v) is 6.97. The van der Waals surface area contributed by atoms with E-state index in [1.165, 1.54) is 11.1 Å². The molecule has 2 aliphatic heterocycles. The van der Waals surface area contributed by atoms with Crippen LogP contribution in [0.15, 0.2) is 18.2 Å². The molecule has 0 radical (unpaired) electrons. The van der Waals surface area contributed by atoms with Crippen molar-refractivity contribution in [3.8, 4) is 5.75 Å². The number of aryl methyl sites for hydroxylation is 1. The van der Waals surface area contributed by atoms with Crippen molar-refractivity contribution in [2.75, 3.05) is 26.2 Å². The predicted molar refractivity (Wildman–Crippen MR) is 73.4 cm³/mol. The molecule has 1 unspecified atom stereocenters. The van der Waals surface area contributed by atoms with Crippen molar-refractivity contribution in [2.24, 2.45) is 0 Å². The van der Waals surface area contributed by atoms with Gasteiger partial charge in [0.1, 0.15) is 11.9 Å². The number of nitrogens with zero attached hydrogens (tertiary/aromatic N) is 1. The van der Waals surface area contributed by atoms with Crippen molar-refractivity contribution in [2.45, 2.75) is 25.9 Å². The average molecular weight is 260 g/mol. The van der Waals surface area contributed by atoms with Gasteiger partial charge in [-0.3, -0.25) is 4.79 Å². The number of ether oxygens (including phenoxy) is 1. The molecule has 2 heterocycles. The molecule has 1 N–H and O–H groups in total. The molecule has 4 heteroatoms. The zero-order chi connectivity index (χ0) is 13.2. The van der Waals surface area contributed by atoms with E-state index in [1.54, 1.807) is 0 Å². The van der Waals surface area contributed by atoms with Gasteiger partial charge in [0.15, 0.2) is 0 Å². The summed E-state index contributed by atoms with van der Waals surface area (Å²) in [4.78, 5) is 13.9. The van der Waals surface area contributed by atoms with Gasteiger partial charge in [0, 0.05) is 13.0 Å². The molecule has 2 aliphatic rings. The Labute approximate surface area is 113 Å². The van der Waals surface area contributed by atoms with Crippen LogP contribution >= 0.6 is 0 Å². The van der Waals surface area contributed by atoms with Gasteiger partial charge in [-0.25, -0.2) is 0 Å².